The molecule has 0 aliphatic carbocycles. The summed E-state index contributed by atoms with van der Waals surface area (Å²) in [4.78, 5) is 40.4. The van der Waals surface area contributed by atoms with Gasteiger partial charge >= 0.3 is 12.0 Å². The number of nitrogens with one attached hydrogen (secondary N) is 2. The number of amides is 3. The number of aliphatic carboxylic acids is 1. The number of aliphatic hydroxyl groups is 1. The first-order chi connectivity index (χ1) is 12.3. The molecule has 3 atom stereocenters. The zero-order valence-electron chi connectivity index (χ0n) is 14.2. The summed E-state index contributed by atoms with van der Waals surface area (Å²) in [5, 5.41) is 26.7. The first kappa shape index (κ1) is 19.4. The summed E-state index contributed by atoms with van der Waals surface area (Å²) in [6, 6.07) is -3.47. The van der Waals surface area contributed by atoms with Crippen LogP contribution >= 0.6 is 0 Å². The Morgan fingerprint density at radius 1 is 1.31 bits per heavy atom. The number of aromatic nitrogens is 2. The molecule has 1 aliphatic rings. The van der Waals surface area contributed by atoms with E-state index in [0.29, 0.717) is 5.95 Å². The topological polar surface area (TPSA) is 184 Å². The molecule has 12 nitrogen and oxygen atoms in total. The molecule has 2 rings (SSSR count). The summed E-state index contributed by atoms with van der Waals surface area (Å²) in [5.74, 6) is -1.80. The van der Waals surface area contributed by atoms with Crippen molar-refractivity contribution in [2.45, 2.75) is 44.4 Å². The number of carbonyl (C=O) groups is 3. The molecule has 26 heavy (non-hydrogen) atoms. The van der Waals surface area contributed by atoms with E-state index in [0.717, 1.165) is 25.9 Å². The number of nitrogens with two attached hydrogens (primary N) is 1. The minimum atomic E-state index is -1.52. The second kappa shape index (κ2) is 8.47. The van der Waals surface area contributed by atoms with E-state index >= 15 is 0 Å². The van der Waals surface area contributed by atoms with Crippen LogP contribution in [0, 0.1) is 0 Å². The summed E-state index contributed by atoms with van der Waals surface area (Å²) in [7, 11) is 0. The molecule has 1 saturated heterocycles. The van der Waals surface area contributed by atoms with Gasteiger partial charge < -0.3 is 36.0 Å². The van der Waals surface area contributed by atoms with Crippen LogP contribution < -0.4 is 21.3 Å². The number of rotatable bonds is 8. The number of carbonyl (C=O) groups excluding carboxylic acids is 2. The Morgan fingerprint density at radius 2 is 1.96 bits per heavy atom. The zero-order chi connectivity index (χ0) is 19.3. The highest BCUT2D eigenvalue weighted by molar-refractivity contribution is 5.83. The largest absolute Gasteiger partial charge is 0.480 e. The standard InChI is InChI=1S/C14H22N6O6/c1-7(21)10(12(23)24)17-14(25)16-8(6-9(15)22)11-18-13(19-26-11)20-4-2-3-5-20/h7-8,10,21H,2-6H2,1H3,(H2,15,22)(H,23,24)(H2,16,17,25)/t7?,8-,10-/m0/s1. The lowest BCUT2D eigenvalue weighted by atomic mass is 10.2. The van der Waals surface area contributed by atoms with Gasteiger partial charge in [0.1, 0.15) is 6.04 Å². The van der Waals surface area contributed by atoms with Crippen molar-refractivity contribution in [1.82, 2.24) is 20.8 Å². The van der Waals surface area contributed by atoms with Crippen LogP contribution in [0.2, 0.25) is 0 Å². The highest BCUT2D eigenvalue weighted by Crippen LogP contribution is 2.21. The van der Waals surface area contributed by atoms with Gasteiger partial charge in [-0.15, -0.1) is 0 Å². The van der Waals surface area contributed by atoms with Crippen molar-refractivity contribution in [3.05, 3.63) is 5.89 Å². The van der Waals surface area contributed by atoms with Crippen LogP contribution in [0.5, 0.6) is 0 Å². The molecular weight excluding hydrogens is 348 g/mol. The van der Waals surface area contributed by atoms with Gasteiger partial charge in [0.15, 0.2) is 6.04 Å². The van der Waals surface area contributed by atoms with Crippen molar-refractivity contribution in [3.63, 3.8) is 0 Å². The Morgan fingerprint density at radius 3 is 2.50 bits per heavy atom. The molecule has 144 valence electrons. The van der Waals surface area contributed by atoms with Gasteiger partial charge in [-0.2, -0.15) is 4.98 Å². The summed E-state index contributed by atoms with van der Waals surface area (Å²) < 4.78 is 5.12. The van der Waals surface area contributed by atoms with Crippen LogP contribution in [0.4, 0.5) is 10.7 Å². The summed E-state index contributed by atoms with van der Waals surface area (Å²) >= 11 is 0. The van der Waals surface area contributed by atoms with Crippen molar-refractivity contribution in [2.24, 2.45) is 5.73 Å². The minimum absolute atomic E-state index is 0.0234. The maximum absolute atomic E-state index is 12.0. The fraction of sp³-hybridized carbons (Fsp3) is 0.643. The normalized spacial score (nSPS) is 17.4. The SMILES string of the molecule is CC(O)[C@H](NC(=O)N[C@@H](CC(N)=O)c1nc(N2CCCC2)no1)C(=O)O. The Bertz CT molecular complexity index is 656. The molecule has 3 amide bonds. The molecular formula is C14H22N6O6. The maximum Gasteiger partial charge on any atom is 0.328 e. The second-order valence-electron chi connectivity index (χ2n) is 6.02. The minimum Gasteiger partial charge on any atom is -0.480 e. The van der Waals surface area contributed by atoms with E-state index in [1.54, 1.807) is 0 Å². The fourth-order valence-electron chi connectivity index (χ4n) is 2.55. The summed E-state index contributed by atoms with van der Waals surface area (Å²) in [6.07, 6.45) is 0.371. The van der Waals surface area contributed by atoms with E-state index < -0.39 is 36.1 Å². The van der Waals surface area contributed by atoms with Gasteiger partial charge in [-0.1, -0.05) is 0 Å². The van der Waals surface area contributed by atoms with Crippen LogP contribution in [0.3, 0.4) is 0 Å². The van der Waals surface area contributed by atoms with Gasteiger partial charge in [0.05, 0.1) is 12.5 Å². The molecule has 0 bridgehead atoms. The first-order valence-electron chi connectivity index (χ1n) is 8.12. The third-order valence-corrected chi connectivity index (χ3v) is 3.86. The van der Waals surface area contributed by atoms with Crippen LogP contribution in [0.25, 0.3) is 0 Å². The molecule has 1 aliphatic heterocycles. The predicted molar refractivity (Wildman–Crippen MR) is 87.1 cm³/mol. The molecule has 1 unspecified atom stereocenters. The summed E-state index contributed by atoms with van der Waals surface area (Å²) in [5.41, 5.74) is 5.19. The molecule has 1 fully saturated rings. The number of primary amides is 1. The molecule has 0 saturated carbocycles. The second-order valence-corrected chi connectivity index (χ2v) is 6.02. The number of hydrogen-bond acceptors (Lipinski definition) is 8. The quantitative estimate of drug-likeness (QED) is 0.372. The number of aliphatic hydroxyl groups excluding tert-OH is 1. The Balaban J connectivity index is 2.08. The highest BCUT2D eigenvalue weighted by atomic mass is 16.5. The van der Waals surface area contributed by atoms with E-state index in [1.165, 1.54) is 6.92 Å². The first-order valence-corrected chi connectivity index (χ1v) is 8.12. The molecule has 2 heterocycles. The van der Waals surface area contributed by atoms with Gasteiger partial charge in [0, 0.05) is 13.1 Å². The fourth-order valence-corrected chi connectivity index (χ4v) is 2.55. The van der Waals surface area contributed by atoms with E-state index in [9.17, 15) is 19.5 Å². The van der Waals surface area contributed by atoms with Crippen LogP contribution in [-0.4, -0.2) is 63.5 Å². The van der Waals surface area contributed by atoms with Gasteiger partial charge in [-0.3, -0.25) is 4.79 Å². The summed E-state index contributed by atoms with van der Waals surface area (Å²) in [6.45, 7) is 2.78. The van der Waals surface area contributed by atoms with Gasteiger partial charge in [-0.25, -0.2) is 9.59 Å². The van der Waals surface area contributed by atoms with Gasteiger partial charge in [0.25, 0.3) is 11.8 Å². The number of carboxylic acids is 1. The van der Waals surface area contributed by atoms with Crippen molar-refractivity contribution in [1.29, 1.82) is 0 Å². The van der Waals surface area contributed by atoms with Crippen LogP contribution in [-0.2, 0) is 9.59 Å². The number of anilines is 1. The molecule has 1 aromatic heterocycles. The maximum atomic E-state index is 12.0. The average molecular weight is 370 g/mol. The third kappa shape index (κ3) is 5.05. The van der Waals surface area contributed by atoms with Crippen molar-refractivity contribution < 1.29 is 29.1 Å². The Hall–Kier alpha value is -2.89. The van der Waals surface area contributed by atoms with Crippen LogP contribution in [0.1, 0.15) is 38.1 Å². The van der Waals surface area contributed by atoms with Crippen LogP contribution in [0.15, 0.2) is 4.52 Å². The monoisotopic (exact) mass is 370 g/mol. The van der Waals surface area contributed by atoms with Gasteiger partial charge in [-0.05, 0) is 24.9 Å². The third-order valence-electron chi connectivity index (χ3n) is 3.86. The Labute approximate surface area is 148 Å². The van der Waals surface area contributed by atoms with Crippen molar-refractivity contribution in [2.75, 3.05) is 18.0 Å². The highest BCUT2D eigenvalue weighted by Gasteiger charge is 2.29. The lowest BCUT2D eigenvalue weighted by Gasteiger charge is -2.19. The van der Waals surface area contributed by atoms with Crippen molar-refractivity contribution >= 4 is 23.9 Å². The number of carboxylic acid groups (broad SMARTS) is 1. The Kier molecular flexibility index (Phi) is 6.33. The number of urea groups is 1. The van der Waals surface area contributed by atoms with Gasteiger partial charge in [0.2, 0.25) is 5.91 Å². The molecule has 6 N–H and O–H groups in total. The van der Waals surface area contributed by atoms with E-state index in [4.69, 9.17) is 15.4 Å². The molecule has 12 heteroatoms. The van der Waals surface area contributed by atoms with E-state index in [1.807, 2.05) is 4.90 Å². The van der Waals surface area contributed by atoms with E-state index in [-0.39, 0.29) is 12.3 Å². The predicted octanol–water partition coefficient (Wildman–Crippen LogP) is -1.28. The molecule has 1 aromatic rings. The number of hydrogen-bond donors (Lipinski definition) is 5. The van der Waals surface area contributed by atoms with Crippen molar-refractivity contribution in [3.8, 4) is 0 Å². The smallest absolute Gasteiger partial charge is 0.328 e. The zero-order valence-corrected chi connectivity index (χ0v) is 14.2. The lowest BCUT2D eigenvalue weighted by molar-refractivity contribution is -0.141. The molecule has 0 aromatic carbocycles. The van der Waals surface area contributed by atoms with E-state index in [2.05, 4.69) is 20.8 Å². The molecule has 0 radical (unpaired) electrons. The number of nitrogens with zero attached hydrogens (tertiary/aromatic N) is 3. The lowest BCUT2D eigenvalue weighted by Crippen LogP contribution is -2.52. The average Bonchev–Trinajstić information content (AvgIpc) is 3.21. The molecule has 0 spiro atoms.